The van der Waals surface area contributed by atoms with Gasteiger partial charge in [0.15, 0.2) is 10.8 Å². The Hall–Kier alpha value is -3.37. The molecule has 9 nitrogen and oxygen atoms in total. The Labute approximate surface area is 185 Å². The van der Waals surface area contributed by atoms with Crippen molar-refractivity contribution in [3.63, 3.8) is 0 Å². The Morgan fingerprint density at radius 2 is 2.06 bits per heavy atom. The predicted molar refractivity (Wildman–Crippen MR) is 119 cm³/mol. The van der Waals surface area contributed by atoms with Gasteiger partial charge in [-0.1, -0.05) is 23.4 Å². The van der Waals surface area contributed by atoms with Crippen LogP contribution in [0.2, 0.25) is 5.02 Å². The van der Waals surface area contributed by atoms with Crippen LogP contribution in [0.3, 0.4) is 0 Å². The van der Waals surface area contributed by atoms with Gasteiger partial charge in [-0.15, -0.1) is 10.2 Å². The zero-order chi connectivity index (χ0) is 22.1. The van der Waals surface area contributed by atoms with Crippen LogP contribution in [0, 0.1) is 17.0 Å². The number of thioether (sulfide) groups is 1. The lowest BCUT2D eigenvalue weighted by atomic mass is 10.1. The summed E-state index contributed by atoms with van der Waals surface area (Å²) in [6, 6.07) is 11.6. The average molecular weight is 458 g/mol. The second-order valence-electron chi connectivity index (χ2n) is 6.64. The van der Waals surface area contributed by atoms with E-state index in [2.05, 4.69) is 15.5 Å². The predicted octanol–water partition coefficient (Wildman–Crippen LogP) is 4.49. The second-order valence-corrected chi connectivity index (χ2v) is 7.99. The van der Waals surface area contributed by atoms with Gasteiger partial charge in [-0.25, -0.2) is 0 Å². The molecule has 0 atom stereocenters. The number of amides is 1. The highest BCUT2D eigenvalue weighted by molar-refractivity contribution is 7.99. The van der Waals surface area contributed by atoms with Crippen molar-refractivity contribution in [3.05, 3.63) is 63.2 Å². The number of anilines is 1. The van der Waals surface area contributed by atoms with E-state index in [0.717, 1.165) is 16.5 Å². The van der Waals surface area contributed by atoms with Gasteiger partial charge in [0.25, 0.3) is 5.69 Å². The number of rotatable bonds is 6. The summed E-state index contributed by atoms with van der Waals surface area (Å²) in [4.78, 5) is 22.7. The molecule has 0 unspecified atom stereocenters. The molecule has 0 aliphatic carbocycles. The van der Waals surface area contributed by atoms with Gasteiger partial charge in [0.2, 0.25) is 5.91 Å². The van der Waals surface area contributed by atoms with E-state index < -0.39 is 4.92 Å². The van der Waals surface area contributed by atoms with Gasteiger partial charge < -0.3 is 10.1 Å². The minimum absolute atomic E-state index is 0.0491. The average Bonchev–Trinajstić information content (AvgIpc) is 3.16. The number of pyridine rings is 1. The van der Waals surface area contributed by atoms with Crippen LogP contribution in [0.5, 0.6) is 5.75 Å². The normalized spacial score (nSPS) is 11.1. The first kappa shape index (κ1) is 20.9. The summed E-state index contributed by atoms with van der Waals surface area (Å²) < 4.78 is 7.22. The van der Waals surface area contributed by atoms with Crippen molar-refractivity contribution in [2.24, 2.45) is 0 Å². The molecule has 158 valence electrons. The summed E-state index contributed by atoms with van der Waals surface area (Å²) in [5.41, 5.74) is 2.75. The van der Waals surface area contributed by atoms with Crippen molar-refractivity contribution < 1.29 is 14.5 Å². The first-order valence-electron chi connectivity index (χ1n) is 9.06. The van der Waals surface area contributed by atoms with Crippen LogP contribution in [0.15, 0.2) is 47.6 Å². The van der Waals surface area contributed by atoms with Crippen LogP contribution in [-0.4, -0.2) is 38.3 Å². The fraction of sp³-hybridized carbons (Fsp3) is 0.150. The maximum atomic E-state index is 12.4. The molecular weight excluding hydrogens is 442 g/mol. The van der Waals surface area contributed by atoms with E-state index in [9.17, 15) is 14.9 Å². The Morgan fingerprint density at radius 3 is 2.77 bits per heavy atom. The molecule has 0 saturated carbocycles. The first-order valence-corrected chi connectivity index (χ1v) is 10.4. The van der Waals surface area contributed by atoms with E-state index in [1.807, 2.05) is 35.6 Å². The summed E-state index contributed by atoms with van der Waals surface area (Å²) in [5.74, 6) is 0.425. The first-order chi connectivity index (χ1) is 14.9. The highest BCUT2D eigenvalue weighted by Gasteiger charge is 2.15. The topological polar surface area (TPSA) is 112 Å². The fourth-order valence-electron chi connectivity index (χ4n) is 3.16. The number of non-ortho nitro benzene ring substituents is 1. The molecule has 1 N–H and O–H groups in total. The fourth-order valence-corrected chi connectivity index (χ4v) is 4.13. The van der Waals surface area contributed by atoms with Crippen molar-refractivity contribution in [2.75, 3.05) is 18.2 Å². The van der Waals surface area contributed by atoms with Crippen molar-refractivity contribution in [2.45, 2.75) is 12.1 Å². The Balaban J connectivity index is 1.57. The van der Waals surface area contributed by atoms with Gasteiger partial charge in [-0.2, -0.15) is 0 Å². The summed E-state index contributed by atoms with van der Waals surface area (Å²) in [7, 11) is 1.60. The summed E-state index contributed by atoms with van der Waals surface area (Å²) in [5, 5.41) is 23.6. The van der Waals surface area contributed by atoms with Crippen LogP contribution in [-0.2, 0) is 4.79 Å². The Bertz CT molecular complexity index is 1340. The lowest BCUT2D eigenvalue weighted by molar-refractivity contribution is -0.384. The van der Waals surface area contributed by atoms with Gasteiger partial charge in [0, 0.05) is 23.6 Å². The molecule has 0 aliphatic rings. The molecular formula is C20H16ClN5O4S. The number of aryl methyl sites for hydroxylation is 1. The maximum absolute atomic E-state index is 12.4. The molecule has 0 radical (unpaired) electrons. The quantitative estimate of drug-likeness (QED) is 0.258. The summed E-state index contributed by atoms with van der Waals surface area (Å²) in [6.45, 7) is 2.00. The van der Waals surface area contributed by atoms with Gasteiger partial charge in [0.05, 0.1) is 34.0 Å². The van der Waals surface area contributed by atoms with E-state index in [0.29, 0.717) is 22.2 Å². The number of hydrogen-bond acceptors (Lipinski definition) is 7. The number of nitrogens with zero attached hydrogens (tertiary/aromatic N) is 4. The number of methoxy groups -OCH3 is 1. The molecule has 2 aromatic heterocycles. The number of benzene rings is 2. The number of hydrogen-bond donors (Lipinski definition) is 1. The number of aromatic nitrogens is 3. The third-order valence-electron chi connectivity index (χ3n) is 4.64. The minimum atomic E-state index is -0.551. The zero-order valence-corrected chi connectivity index (χ0v) is 18.0. The van der Waals surface area contributed by atoms with Gasteiger partial charge >= 0.3 is 0 Å². The molecule has 0 aliphatic heterocycles. The van der Waals surface area contributed by atoms with Crippen LogP contribution < -0.4 is 10.1 Å². The number of nitro benzene ring substituents is 1. The Morgan fingerprint density at radius 1 is 1.26 bits per heavy atom. The van der Waals surface area contributed by atoms with Crippen LogP contribution in [0.4, 0.5) is 11.4 Å². The molecule has 4 rings (SSSR count). The number of nitrogens with one attached hydrogen (secondary N) is 1. The van der Waals surface area contributed by atoms with Crippen molar-refractivity contribution in [3.8, 4) is 5.75 Å². The highest BCUT2D eigenvalue weighted by Crippen LogP contribution is 2.30. The zero-order valence-electron chi connectivity index (χ0n) is 16.5. The highest BCUT2D eigenvalue weighted by atomic mass is 35.5. The largest absolute Gasteiger partial charge is 0.497 e. The van der Waals surface area contributed by atoms with Gasteiger partial charge in [0.1, 0.15) is 5.75 Å². The van der Waals surface area contributed by atoms with Crippen molar-refractivity contribution >= 4 is 57.2 Å². The summed E-state index contributed by atoms with van der Waals surface area (Å²) >= 11 is 7.26. The molecule has 0 saturated heterocycles. The molecule has 1 amide bonds. The SMILES string of the molecule is COc1ccc2c(C)cc3nnc(SCC(=O)Nc4ccc([N+](=O)[O-])cc4Cl)n3c2c1. The number of fused-ring (bicyclic) bond motifs is 3. The van der Waals surface area contributed by atoms with Gasteiger partial charge in [-0.3, -0.25) is 19.3 Å². The minimum Gasteiger partial charge on any atom is -0.497 e. The monoisotopic (exact) mass is 457 g/mol. The molecule has 31 heavy (non-hydrogen) atoms. The number of nitro groups is 1. The Kier molecular flexibility index (Phi) is 5.66. The van der Waals surface area contributed by atoms with Crippen LogP contribution in [0.25, 0.3) is 16.6 Å². The van der Waals surface area contributed by atoms with Crippen LogP contribution >= 0.6 is 23.4 Å². The van der Waals surface area contributed by atoms with E-state index in [-0.39, 0.29) is 22.4 Å². The maximum Gasteiger partial charge on any atom is 0.271 e. The van der Waals surface area contributed by atoms with E-state index in [1.165, 1.54) is 30.0 Å². The molecule has 2 aromatic carbocycles. The van der Waals surface area contributed by atoms with E-state index >= 15 is 0 Å². The van der Waals surface area contributed by atoms with Crippen molar-refractivity contribution in [1.82, 2.24) is 14.6 Å². The van der Waals surface area contributed by atoms with Gasteiger partial charge in [-0.05, 0) is 36.8 Å². The molecule has 0 bridgehead atoms. The molecule has 2 heterocycles. The standard InChI is InChI=1S/C20H16ClN5O4S/c1-11-7-18-23-24-20(25(18)17-9-13(30-2)4-5-14(11)17)31-10-19(27)22-16-6-3-12(26(28)29)8-15(16)21/h3-9H,10H2,1-2H3,(H,22,27). The van der Waals surface area contributed by atoms with E-state index in [1.54, 1.807) is 7.11 Å². The van der Waals surface area contributed by atoms with E-state index in [4.69, 9.17) is 16.3 Å². The third-order valence-corrected chi connectivity index (χ3v) is 5.89. The second kappa shape index (κ2) is 8.40. The number of halogens is 1. The molecule has 0 fully saturated rings. The number of ether oxygens (including phenoxy) is 1. The molecule has 11 heteroatoms. The summed E-state index contributed by atoms with van der Waals surface area (Å²) in [6.07, 6.45) is 0. The number of carbonyl (C=O) groups is 1. The third kappa shape index (κ3) is 4.12. The molecule has 4 aromatic rings. The van der Waals surface area contributed by atoms with Crippen molar-refractivity contribution in [1.29, 1.82) is 0 Å². The smallest absolute Gasteiger partial charge is 0.271 e. The molecule has 0 spiro atoms. The lowest BCUT2D eigenvalue weighted by Crippen LogP contribution is -2.14. The lowest BCUT2D eigenvalue weighted by Gasteiger charge is -2.10. The number of carbonyl (C=O) groups excluding carboxylic acids is 1. The van der Waals surface area contributed by atoms with Crippen LogP contribution in [0.1, 0.15) is 5.56 Å².